The Bertz CT molecular complexity index is 412. The third-order valence-corrected chi connectivity index (χ3v) is 4.27. The molecule has 2 aliphatic heterocycles. The Kier molecular flexibility index (Phi) is 2.46. The lowest BCUT2D eigenvalue weighted by Crippen LogP contribution is -2.34. The van der Waals surface area contributed by atoms with E-state index < -0.39 is 21.8 Å². The normalized spacial score (nSPS) is 29.2. The van der Waals surface area contributed by atoms with Crippen molar-refractivity contribution in [2.75, 3.05) is 12.3 Å². The summed E-state index contributed by atoms with van der Waals surface area (Å²) >= 11 is 0. The zero-order chi connectivity index (χ0) is 11.1. The first-order valence-electron chi connectivity index (χ1n) is 4.92. The Balaban J connectivity index is 2.21. The lowest BCUT2D eigenvalue weighted by molar-refractivity contribution is -0.141. The van der Waals surface area contributed by atoms with Gasteiger partial charge in [0, 0.05) is 24.1 Å². The highest BCUT2D eigenvalue weighted by atomic mass is 32.2. The molecular formula is C9H13NO4S. The first-order valence-corrected chi connectivity index (χ1v) is 6.64. The number of rotatable bonds is 2. The van der Waals surface area contributed by atoms with Crippen LogP contribution < -0.4 is 0 Å². The van der Waals surface area contributed by atoms with Gasteiger partial charge in [-0.15, -0.1) is 0 Å². The summed E-state index contributed by atoms with van der Waals surface area (Å²) in [6.07, 6.45) is 1.87. The molecule has 0 saturated carbocycles. The fraction of sp³-hybridized carbons (Fsp3) is 0.667. The summed E-state index contributed by atoms with van der Waals surface area (Å²) in [5.41, 5.74) is 0.667. The second kappa shape index (κ2) is 3.52. The van der Waals surface area contributed by atoms with Gasteiger partial charge in [0.15, 0.2) is 9.84 Å². The Labute approximate surface area is 88.3 Å². The largest absolute Gasteiger partial charge is 0.480 e. The Morgan fingerprint density at radius 2 is 2.27 bits per heavy atom. The number of hydrogen-bond donors (Lipinski definition) is 1. The number of carboxylic acids is 1. The molecule has 0 amide bonds. The van der Waals surface area contributed by atoms with E-state index in [1.54, 1.807) is 4.90 Å². The second-order valence-corrected chi connectivity index (χ2v) is 5.89. The molecule has 15 heavy (non-hydrogen) atoms. The predicted molar refractivity (Wildman–Crippen MR) is 53.9 cm³/mol. The van der Waals surface area contributed by atoms with Gasteiger partial charge in [-0.1, -0.05) is 0 Å². The molecule has 2 heterocycles. The fourth-order valence-electron chi connectivity index (χ4n) is 2.15. The van der Waals surface area contributed by atoms with Crippen molar-refractivity contribution in [2.45, 2.75) is 25.3 Å². The van der Waals surface area contributed by atoms with Crippen molar-refractivity contribution < 1.29 is 18.3 Å². The van der Waals surface area contributed by atoms with Gasteiger partial charge in [-0.25, -0.2) is 13.2 Å². The number of nitrogens with zero attached hydrogens (tertiary/aromatic N) is 1. The minimum absolute atomic E-state index is 0.116. The van der Waals surface area contributed by atoms with Crippen LogP contribution in [-0.2, 0) is 14.6 Å². The van der Waals surface area contributed by atoms with Crippen LogP contribution in [0.4, 0.5) is 0 Å². The maximum Gasteiger partial charge on any atom is 0.326 e. The summed E-state index contributed by atoms with van der Waals surface area (Å²) in [7, 11) is -3.08. The molecule has 0 spiro atoms. The van der Waals surface area contributed by atoms with Crippen LogP contribution in [0.3, 0.4) is 0 Å². The molecule has 0 radical (unpaired) electrons. The average molecular weight is 231 g/mol. The minimum atomic E-state index is -3.08. The smallest absolute Gasteiger partial charge is 0.326 e. The third-order valence-electron chi connectivity index (χ3n) is 2.87. The van der Waals surface area contributed by atoms with Crippen molar-refractivity contribution >= 4 is 15.8 Å². The standard InChI is InChI=1S/C9H13NO4S/c11-9(12)8-2-1-4-10(8)7-3-5-15(13,14)6-7/h6,8H,1-5H2,(H,11,12). The highest BCUT2D eigenvalue weighted by molar-refractivity contribution is 7.94. The molecule has 2 rings (SSSR count). The Hall–Kier alpha value is -1.04. The van der Waals surface area contributed by atoms with Crippen LogP contribution in [0.1, 0.15) is 19.3 Å². The van der Waals surface area contributed by atoms with E-state index in [4.69, 9.17) is 5.11 Å². The van der Waals surface area contributed by atoms with Crippen LogP contribution in [-0.4, -0.2) is 42.7 Å². The molecule has 5 nitrogen and oxygen atoms in total. The number of likely N-dealkylation sites (tertiary alicyclic amines) is 1. The van der Waals surface area contributed by atoms with Crippen LogP contribution in [0.2, 0.25) is 0 Å². The van der Waals surface area contributed by atoms with Crippen LogP contribution >= 0.6 is 0 Å². The number of allylic oxidation sites excluding steroid dienone is 1. The van der Waals surface area contributed by atoms with Gasteiger partial charge in [0.05, 0.1) is 5.75 Å². The molecule has 1 unspecified atom stereocenters. The molecule has 0 aromatic rings. The molecule has 84 valence electrons. The van der Waals surface area contributed by atoms with E-state index in [0.717, 1.165) is 6.42 Å². The molecular weight excluding hydrogens is 218 g/mol. The number of aliphatic carboxylic acids is 1. The number of sulfone groups is 1. The molecule has 0 aromatic heterocycles. The van der Waals surface area contributed by atoms with Crippen molar-refractivity contribution in [2.24, 2.45) is 0 Å². The van der Waals surface area contributed by atoms with Gasteiger partial charge in [0.1, 0.15) is 6.04 Å². The van der Waals surface area contributed by atoms with E-state index in [0.29, 0.717) is 25.1 Å². The summed E-state index contributed by atoms with van der Waals surface area (Å²) in [6, 6.07) is -0.537. The monoisotopic (exact) mass is 231 g/mol. The zero-order valence-electron chi connectivity index (χ0n) is 8.22. The van der Waals surface area contributed by atoms with Gasteiger partial charge in [0.25, 0.3) is 0 Å². The summed E-state index contributed by atoms with van der Waals surface area (Å²) in [4.78, 5) is 12.6. The lowest BCUT2D eigenvalue weighted by atomic mass is 10.2. The summed E-state index contributed by atoms with van der Waals surface area (Å²) in [6.45, 7) is 0.651. The van der Waals surface area contributed by atoms with E-state index in [2.05, 4.69) is 0 Å². The van der Waals surface area contributed by atoms with Gasteiger partial charge >= 0.3 is 5.97 Å². The summed E-state index contributed by atoms with van der Waals surface area (Å²) in [5.74, 6) is -0.747. The van der Waals surface area contributed by atoms with Gasteiger partial charge in [-0.3, -0.25) is 0 Å². The highest BCUT2D eigenvalue weighted by Crippen LogP contribution is 2.28. The first-order chi connectivity index (χ1) is 6.99. The van der Waals surface area contributed by atoms with Crippen molar-refractivity contribution in [3.05, 3.63) is 11.1 Å². The number of carbonyl (C=O) groups is 1. The topological polar surface area (TPSA) is 74.7 Å². The zero-order valence-corrected chi connectivity index (χ0v) is 9.03. The summed E-state index contributed by atoms with van der Waals surface area (Å²) < 4.78 is 22.4. The van der Waals surface area contributed by atoms with Gasteiger partial charge in [-0.2, -0.15) is 0 Å². The second-order valence-electron chi connectivity index (χ2n) is 3.92. The van der Waals surface area contributed by atoms with Crippen molar-refractivity contribution in [3.63, 3.8) is 0 Å². The van der Waals surface area contributed by atoms with Gasteiger partial charge in [0.2, 0.25) is 0 Å². The van der Waals surface area contributed by atoms with Crippen molar-refractivity contribution in [1.29, 1.82) is 0 Å². The average Bonchev–Trinajstić information content (AvgIpc) is 2.69. The van der Waals surface area contributed by atoms with E-state index in [-0.39, 0.29) is 5.75 Å². The van der Waals surface area contributed by atoms with Crippen LogP contribution in [0.25, 0.3) is 0 Å². The van der Waals surface area contributed by atoms with E-state index >= 15 is 0 Å². The summed E-state index contributed by atoms with van der Waals surface area (Å²) in [5, 5.41) is 10.2. The minimum Gasteiger partial charge on any atom is -0.480 e. The maximum atomic E-state index is 11.2. The van der Waals surface area contributed by atoms with E-state index in [1.165, 1.54) is 5.41 Å². The quantitative estimate of drug-likeness (QED) is 0.734. The van der Waals surface area contributed by atoms with Crippen molar-refractivity contribution in [3.8, 4) is 0 Å². The lowest BCUT2D eigenvalue weighted by Gasteiger charge is -2.23. The molecule has 0 aromatic carbocycles. The van der Waals surface area contributed by atoms with Crippen LogP contribution in [0, 0.1) is 0 Å². The van der Waals surface area contributed by atoms with Crippen LogP contribution in [0.5, 0.6) is 0 Å². The molecule has 0 aliphatic carbocycles. The van der Waals surface area contributed by atoms with E-state index in [1.807, 2.05) is 0 Å². The van der Waals surface area contributed by atoms with Gasteiger partial charge in [-0.05, 0) is 12.8 Å². The first kappa shape index (κ1) is 10.5. The Morgan fingerprint density at radius 1 is 1.53 bits per heavy atom. The SMILES string of the molecule is O=C(O)C1CCCN1C1=CS(=O)(=O)CC1. The molecule has 1 N–H and O–H groups in total. The number of carboxylic acid groups (broad SMARTS) is 1. The van der Waals surface area contributed by atoms with Gasteiger partial charge < -0.3 is 10.0 Å². The predicted octanol–water partition coefficient (Wildman–Crippen LogP) is 0.195. The molecule has 1 atom stereocenters. The fourth-order valence-corrected chi connectivity index (χ4v) is 3.43. The van der Waals surface area contributed by atoms with E-state index in [9.17, 15) is 13.2 Å². The molecule has 0 bridgehead atoms. The molecule has 2 aliphatic rings. The van der Waals surface area contributed by atoms with Crippen LogP contribution in [0.15, 0.2) is 11.1 Å². The highest BCUT2D eigenvalue weighted by Gasteiger charge is 2.34. The van der Waals surface area contributed by atoms with Crippen molar-refractivity contribution in [1.82, 2.24) is 4.90 Å². The Morgan fingerprint density at radius 3 is 2.80 bits per heavy atom. The molecule has 1 fully saturated rings. The molecule has 1 saturated heterocycles. The number of hydrogen-bond acceptors (Lipinski definition) is 4. The third kappa shape index (κ3) is 1.99. The molecule has 6 heteroatoms. The maximum absolute atomic E-state index is 11.2.